The lowest BCUT2D eigenvalue weighted by Gasteiger charge is -2.37. The molecule has 2 aliphatic heterocycles. The third-order valence-electron chi connectivity index (χ3n) is 5.39. The maximum Gasteiger partial charge on any atom is 0.313 e. The van der Waals surface area contributed by atoms with Gasteiger partial charge >= 0.3 is 5.69 Å². The lowest BCUT2D eigenvalue weighted by Crippen LogP contribution is -2.47. The van der Waals surface area contributed by atoms with Crippen LogP contribution in [0.4, 0.5) is 5.69 Å². The number of amides is 1. The third kappa shape index (κ3) is 3.55. The Morgan fingerprint density at radius 2 is 1.79 bits per heavy atom. The second kappa shape index (κ2) is 7.41. The minimum absolute atomic E-state index is 0.0524. The van der Waals surface area contributed by atoms with Crippen molar-refractivity contribution in [1.82, 2.24) is 4.90 Å². The summed E-state index contributed by atoms with van der Waals surface area (Å²) in [5, 5.41) is 21.3. The van der Waals surface area contributed by atoms with Crippen molar-refractivity contribution in [2.24, 2.45) is 0 Å². The Hall–Kier alpha value is -2.64. The Balaban J connectivity index is 1.51. The predicted octanol–water partition coefficient (Wildman–Crippen LogP) is 4.17. The number of benzene rings is 2. The molecule has 7 nitrogen and oxygen atoms in total. The number of carbonyl (C=O) groups is 1. The lowest BCUT2D eigenvalue weighted by atomic mass is 9.98. The number of nitrogens with zero attached hydrogens (tertiary/aromatic N) is 2. The van der Waals surface area contributed by atoms with E-state index in [-0.39, 0.29) is 40.6 Å². The number of ether oxygens (including phenoxy) is 1. The van der Waals surface area contributed by atoms with Crippen molar-refractivity contribution in [3.05, 3.63) is 63.2 Å². The van der Waals surface area contributed by atoms with Crippen molar-refractivity contribution >= 4 is 23.2 Å². The van der Waals surface area contributed by atoms with E-state index in [4.69, 9.17) is 16.3 Å². The summed E-state index contributed by atoms with van der Waals surface area (Å²) < 4.78 is 5.62. The number of hydrogen-bond donors (Lipinski definition) is 1. The Kier molecular flexibility index (Phi) is 4.95. The quantitative estimate of drug-likeness (QED) is 0.612. The van der Waals surface area contributed by atoms with Crippen LogP contribution >= 0.6 is 11.6 Å². The van der Waals surface area contributed by atoms with Gasteiger partial charge in [-0.05, 0) is 62.1 Å². The molecule has 8 heteroatoms. The average Bonchev–Trinajstić information content (AvgIpc) is 2.94. The van der Waals surface area contributed by atoms with E-state index in [1.165, 1.54) is 18.2 Å². The fraction of sp³-hybridized carbons (Fsp3) is 0.350. The highest BCUT2D eigenvalue weighted by atomic mass is 35.5. The predicted molar refractivity (Wildman–Crippen MR) is 103 cm³/mol. The third-order valence-corrected chi connectivity index (χ3v) is 5.62. The van der Waals surface area contributed by atoms with Crippen LogP contribution < -0.4 is 4.74 Å². The van der Waals surface area contributed by atoms with Crippen LogP contribution in [0.3, 0.4) is 0 Å². The molecule has 0 aliphatic carbocycles. The van der Waals surface area contributed by atoms with Crippen molar-refractivity contribution in [2.45, 2.75) is 43.9 Å². The zero-order valence-electron chi connectivity index (χ0n) is 15.0. The fourth-order valence-corrected chi connectivity index (χ4v) is 4.31. The Bertz CT molecular complexity index is 903. The van der Waals surface area contributed by atoms with Crippen LogP contribution in [0, 0.1) is 10.1 Å². The largest absolute Gasteiger partial charge is 0.450 e. The second-order valence-corrected chi connectivity index (χ2v) is 7.65. The van der Waals surface area contributed by atoms with Crippen LogP contribution in [0.1, 0.15) is 36.0 Å². The molecule has 2 saturated heterocycles. The molecule has 2 aliphatic rings. The number of piperidine rings is 1. The van der Waals surface area contributed by atoms with E-state index in [1.54, 1.807) is 24.3 Å². The Labute approximate surface area is 166 Å². The summed E-state index contributed by atoms with van der Waals surface area (Å²) >= 11 is 5.81. The number of rotatable bonds is 4. The van der Waals surface area contributed by atoms with Gasteiger partial charge in [-0.1, -0.05) is 11.6 Å². The topological polar surface area (TPSA) is 92.9 Å². The van der Waals surface area contributed by atoms with Crippen molar-refractivity contribution < 1.29 is 19.6 Å². The molecule has 2 aromatic carbocycles. The van der Waals surface area contributed by atoms with E-state index < -0.39 is 4.92 Å². The first-order valence-electron chi connectivity index (χ1n) is 9.15. The maximum atomic E-state index is 12.9. The van der Waals surface area contributed by atoms with Gasteiger partial charge in [-0.25, -0.2) is 0 Å². The van der Waals surface area contributed by atoms with Crippen LogP contribution in [0.25, 0.3) is 0 Å². The van der Waals surface area contributed by atoms with Gasteiger partial charge in [-0.15, -0.1) is 0 Å². The highest BCUT2D eigenvalue weighted by molar-refractivity contribution is 6.30. The molecule has 2 fully saturated rings. The van der Waals surface area contributed by atoms with Gasteiger partial charge in [0.15, 0.2) is 0 Å². The number of nitro groups is 1. The minimum Gasteiger partial charge on any atom is -0.450 e. The molecule has 0 spiro atoms. The standard InChI is InChI=1S/C20H19ClN2O5/c21-13-3-8-19(18(9-13)23(26)27)28-17-6-1-12(2-7-17)20(25)22-14-4-5-15(22)11-16(24)10-14/h1-3,6-9,14-16,24H,4-5,10-11H2. The summed E-state index contributed by atoms with van der Waals surface area (Å²) in [5.74, 6) is 0.416. The number of halogens is 1. The molecule has 0 saturated carbocycles. The summed E-state index contributed by atoms with van der Waals surface area (Å²) in [6, 6.07) is 10.9. The van der Waals surface area contributed by atoms with Crippen molar-refractivity contribution in [2.75, 3.05) is 0 Å². The van der Waals surface area contributed by atoms with Crippen molar-refractivity contribution in [3.8, 4) is 11.5 Å². The number of aliphatic hydroxyl groups excluding tert-OH is 1. The molecule has 28 heavy (non-hydrogen) atoms. The monoisotopic (exact) mass is 402 g/mol. The zero-order chi connectivity index (χ0) is 19.8. The average molecular weight is 403 g/mol. The molecule has 146 valence electrons. The van der Waals surface area contributed by atoms with Gasteiger partial charge in [0, 0.05) is 28.7 Å². The molecular weight excluding hydrogens is 384 g/mol. The van der Waals surface area contributed by atoms with E-state index >= 15 is 0 Å². The summed E-state index contributed by atoms with van der Waals surface area (Å²) in [7, 11) is 0. The fourth-order valence-electron chi connectivity index (χ4n) is 4.14. The van der Waals surface area contributed by atoms with E-state index in [9.17, 15) is 20.0 Å². The van der Waals surface area contributed by atoms with Crippen LogP contribution in [0.5, 0.6) is 11.5 Å². The van der Waals surface area contributed by atoms with E-state index in [1.807, 2.05) is 4.90 Å². The summed E-state index contributed by atoms with van der Waals surface area (Å²) in [5.41, 5.74) is 0.308. The molecule has 4 rings (SSSR count). The molecule has 2 atom stereocenters. The van der Waals surface area contributed by atoms with Gasteiger partial charge in [0.1, 0.15) is 5.75 Å². The second-order valence-electron chi connectivity index (χ2n) is 7.22. The van der Waals surface area contributed by atoms with Gasteiger partial charge < -0.3 is 14.7 Å². The maximum absolute atomic E-state index is 12.9. The molecule has 0 aromatic heterocycles. The van der Waals surface area contributed by atoms with Crippen LogP contribution in [-0.2, 0) is 0 Å². The van der Waals surface area contributed by atoms with E-state index in [0.717, 1.165) is 12.8 Å². The van der Waals surface area contributed by atoms with Gasteiger partial charge in [0.05, 0.1) is 11.0 Å². The molecule has 2 aromatic rings. The summed E-state index contributed by atoms with van der Waals surface area (Å²) in [6.45, 7) is 0. The van der Waals surface area contributed by atoms with E-state index in [2.05, 4.69) is 0 Å². The first-order valence-corrected chi connectivity index (χ1v) is 9.53. The number of fused-ring (bicyclic) bond motifs is 2. The highest BCUT2D eigenvalue weighted by Gasteiger charge is 2.42. The summed E-state index contributed by atoms with van der Waals surface area (Å²) in [6.07, 6.45) is 2.78. The molecule has 2 unspecified atom stereocenters. The minimum atomic E-state index is -0.556. The smallest absolute Gasteiger partial charge is 0.313 e. The molecule has 0 radical (unpaired) electrons. The molecule has 1 amide bonds. The van der Waals surface area contributed by atoms with Crippen molar-refractivity contribution in [3.63, 3.8) is 0 Å². The van der Waals surface area contributed by atoms with Gasteiger partial charge in [0.25, 0.3) is 5.91 Å². The van der Waals surface area contributed by atoms with Crippen molar-refractivity contribution in [1.29, 1.82) is 0 Å². The summed E-state index contributed by atoms with van der Waals surface area (Å²) in [4.78, 5) is 25.4. The lowest BCUT2D eigenvalue weighted by molar-refractivity contribution is -0.385. The van der Waals surface area contributed by atoms with E-state index in [0.29, 0.717) is 24.2 Å². The molecule has 2 heterocycles. The molecule has 1 N–H and O–H groups in total. The van der Waals surface area contributed by atoms with Gasteiger partial charge in [-0.3, -0.25) is 14.9 Å². The SMILES string of the molecule is O=C(c1ccc(Oc2ccc(Cl)cc2[N+](=O)[O-])cc1)N1C2CCC1CC(O)C2. The normalized spacial score (nSPS) is 23.5. The number of nitro benzene ring substituents is 1. The number of carbonyl (C=O) groups excluding carboxylic acids is 1. The molecule has 2 bridgehead atoms. The first kappa shape index (κ1) is 18.7. The number of aliphatic hydroxyl groups is 1. The van der Waals surface area contributed by atoms with Crippen LogP contribution in [0.15, 0.2) is 42.5 Å². The van der Waals surface area contributed by atoms with Crippen LogP contribution in [-0.4, -0.2) is 39.0 Å². The van der Waals surface area contributed by atoms with Gasteiger partial charge in [0.2, 0.25) is 5.75 Å². The highest BCUT2D eigenvalue weighted by Crippen LogP contribution is 2.37. The molecular formula is C20H19ClN2O5. The zero-order valence-corrected chi connectivity index (χ0v) is 15.7. The number of hydrogen-bond acceptors (Lipinski definition) is 5. The Morgan fingerprint density at radius 3 is 2.39 bits per heavy atom. The Morgan fingerprint density at radius 1 is 1.14 bits per heavy atom. The first-order chi connectivity index (χ1) is 13.4. The van der Waals surface area contributed by atoms with Crippen LogP contribution in [0.2, 0.25) is 5.02 Å². The van der Waals surface area contributed by atoms with Gasteiger partial charge in [-0.2, -0.15) is 0 Å².